The van der Waals surface area contributed by atoms with Gasteiger partial charge in [-0.1, -0.05) is 0 Å². The van der Waals surface area contributed by atoms with E-state index in [0.29, 0.717) is 6.07 Å². The van der Waals surface area contributed by atoms with Crippen LogP contribution in [0.2, 0.25) is 0 Å². The van der Waals surface area contributed by atoms with Crippen molar-refractivity contribution in [1.29, 1.82) is 0 Å². The van der Waals surface area contributed by atoms with Gasteiger partial charge >= 0.3 is 0 Å². The van der Waals surface area contributed by atoms with Crippen molar-refractivity contribution in [3.8, 4) is 5.75 Å². The van der Waals surface area contributed by atoms with Crippen LogP contribution in [0.1, 0.15) is 15.9 Å². The lowest BCUT2D eigenvalue weighted by Crippen LogP contribution is -2.07. The number of methoxy groups -OCH3 is 1. The van der Waals surface area contributed by atoms with Crippen LogP contribution in [0, 0.1) is 11.6 Å². The van der Waals surface area contributed by atoms with E-state index in [1.165, 1.54) is 25.6 Å². The van der Waals surface area contributed by atoms with Gasteiger partial charge in [-0.05, 0) is 18.2 Å². The first kappa shape index (κ1) is 12.2. The summed E-state index contributed by atoms with van der Waals surface area (Å²) in [4.78, 5) is 15.9. The molecule has 92 valence electrons. The third-order valence-corrected chi connectivity index (χ3v) is 2.42. The number of ketones is 1. The average Bonchev–Trinajstić information content (AvgIpc) is 2.38. The van der Waals surface area contributed by atoms with E-state index in [1.807, 2.05) is 0 Å². The average molecular weight is 249 g/mol. The Morgan fingerprint density at radius 2 is 2.00 bits per heavy atom. The van der Waals surface area contributed by atoms with E-state index in [9.17, 15) is 13.6 Å². The Morgan fingerprint density at radius 1 is 1.22 bits per heavy atom. The van der Waals surface area contributed by atoms with Crippen LogP contribution in [0.25, 0.3) is 0 Å². The van der Waals surface area contributed by atoms with Crippen LogP contribution in [0.5, 0.6) is 5.75 Å². The van der Waals surface area contributed by atoms with Gasteiger partial charge in [0.25, 0.3) is 0 Å². The second-order valence-electron chi connectivity index (χ2n) is 3.53. The lowest BCUT2D eigenvalue weighted by molar-refractivity contribution is 0.103. The minimum Gasteiger partial charge on any atom is -0.494 e. The maximum atomic E-state index is 13.5. The minimum atomic E-state index is -0.904. The highest BCUT2D eigenvalue weighted by Crippen LogP contribution is 2.21. The molecule has 0 aliphatic rings. The molecule has 18 heavy (non-hydrogen) atoms. The van der Waals surface area contributed by atoms with Gasteiger partial charge in [-0.3, -0.25) is 9.78 Å². The van der Waals surface area contributed by atoms with Crippen LogP contribution in [0.4, 0.5) is 8.78 Å². The molecule has 0 amide bonds. The van der Waals surface area contributed by atoms with Crippen LogP contribution in [0.3, 0.4) is 0 Å². The largest absolute Gasteiger partial charge is 0.494 e. The molecule has 1 aromatic carbocycles. The van der Waals surface area contributed by atoms with E-state index in [4.69, 9.17) is 4.74 Å². The lowest BCUT2D eigenvalue weighted by atomic mass is 10.0. The smallest absolute Gasteiger partial charge is 0.199 e. The van der Waals surface area contributed by atoms with Gasteiger partial charge in [0.05, 0.1) is 24.4 Å². The van der Waals surface area contributed by atoms with E-state index < -0.39 is 17.4 Å². The number of pyridine rings is 1. The molecule has 2 aromatic rings. The van der Waals surface area contributed by atoms with Crippen LogP contribution >= 0.6 is 0 Å². The van der Waals surface area contributed by atoms with Gasteiger partial charge in [0.15, 0.2) is 5.78 Å². The van der Waals surface area contributed by atoms with Crippen molar-refractivity contribution in [1.82, 2.24) is 4.98 Å². The Labute approximate surface area is 102 Å². The van der Waals surface area contributed by atoms with Crippen molar-refractivity contribution < 1.29 is 18.3 Å². The number of rotatable bonds is 3. The van der Waals surface area contributed by atoms with Crippen LogP contribution in [0.15, 0.2) is 36.7 Å². The molecule has 0 saturated carbocycles. The zero-order valence-electron chi connectivity index (χ0n) is 9.48. The molecule has 0 spiro atoms. The van der Waals surface area contributed by atoms with Crippen molar-refractivity contribution in [2.24, 2.45) is 0 Å². The Balaban J connectivity index is 2.48. The van der Waals surface area contributed by atoms with Gasteiger partial charge < -0.3 is 4.74 Å². The number of hydrogen-bond donors (Lipinski definition) is 0. The van der Waals surface area contributed by atoms with Crippen LogP contribution < -0.4 is 4.74 Å². The first-order chi connectivity index (χ1) is 8.63. The second kappa shape index (κ2) is 4.91. The molecule has 3 nitrogen and oxygen atoms in total. The molecule has 1 heterocycles. The molecule has 0 aliphatic carbocycles. The first-order valence-electron chi connectivity index (χ1n) is 5.11. The Kier molecular flexibility index (Phi) is 3.32. The summed E-state index contributed by atoms with van der Waals surface area (Å²) in [6.07, 6.45) is 2.76. The van der Waals surface area contributed by atoms with Gasteiger partial charge in [-0.15, -0.1) is 0 Å². The highest BCUT2D eigenvalue weighted by Gasteiger charge is 2.18. The Bertz CT molecular complexity index is 599. The fourth-order valence-electron chi connectivity index (χ4n) is 1.55. The number of halogens is 2. The van der Waals surface area contributed by atoms with E-state index in [1.54, 1.807) is 0 Å². The van der Waals surface area contributed by atoms with Crippen molar-refractivity contribution in [2.45, 2.75) is 0 Å². The maximum Gasteiger partial charge on any atom is 0.199 e. The van der Waals surface area contributed by atoms with Crippen LogP contribution in [-0.2, 0) is 0 Å². The lowest BCUT2D eigenvalue weighted by Gasteiger charge is -2.07. The van der Waals surface area contributed by atoms with Crippen molar-refractivity contribution in [3.63, 3.8) is 0 Å². The Morgan fingerprint density at radius 3 is 2.67 bits per heavy atom. The summed E-state index contributed by atoms with van der Waals surface area (Å²) in [5, 5.41) is 0. The molecule has 0 bridgehead atoms. The third kappa shape index (κ3) is 2.20. The van der Waals surface area contributed by atoms with Gasteiger partial charge in [-0.25, -0.2) is 8.78 Å². The fraction of sp³-hybridized carbons (Fsp3) is 0.0769. The number of ether oxygens (including phenoxy) is 1. The first-order valence-corrected chi connectivity index (χ1v) is 5.11. The molecule has 0 unspecified atom stereocenters. The van der Waals surface area contributed by atoms with Crippen LogP contribution in [-0.4, -0.2) is 17.9 Å². The van der Waals surface area contributed by atoms with Gasteiger partial charge in [0.1, 0.15) is 17.4 Å². The molecule has 0 saturated heterocycles. The zero-order valence-corrected chi connectivity index (χ0v) is 9.48. The summed E-state index contributed by atoms with van der Waals surface area (Å²) >= 11 is 0. The summed E-state index contributed by atoms with van der Waals surface area (Å²) in [5.74, 6) is -1.97. The maximum absolute atomic E-state index is 13.5. The number of carbonyl (C=O) groups excluding carboxylic acids is 1. The van der Waals surface area contributed by atoms with Crippen molar-refractivity contribution >= 4 is 5.78 Å². The molecule has 0 N–H and O–H groups in total. The van der Waals surface area contributed by atoms with Gasteiger partial charge in [0, 0.05) is 12.3 Å². The SMILES string of the molecule is COc1cnccc1C(=O)c1ccc(F)cc1F. The van der Waals surface area contributed by atoms with E-state index in [-0.39, 0.29) is 16.9 Å². The highest BCUT2D eigenvalue weighted by molar-refractivity contribution is 6.10. The number of nitrogens with zero attached hydrogens (tertiary/aromatic N) is 1. The Hall–Kier alpha value is -2.30. The fourth-order valence-corrected chi connectivity index (χ4v) is 1.55. The quantitative estimate of drug-likeness (QED) is 0.785. The standard InChI is InChI=1S/C13H9F2NO2/c1-18-12-7-16-5-4-10(12)13(17)9-3-2-8(14)6-11(9)15/h2-7H,1H3. The highest BCUT2D eigenvalue weighted by atomic mass is 19.1. The van der Waals surface area contributed by atoms with E-state index in [2.05, 4.69) is 4.98 Å². The monoisotopic (exact) mass is 249 g/mol. The van der Waals surface area contributed by atoms with E-state index in [0.717, 1.165) is 12.1 Å². The molecular weight excluding hydrogens is 240 g/mol. The third-order valence-electron chi connectivity index (χ3n) is 2.42. The number of aromatic nitrogens is 1. The molecule has 0 radical (unpaired) electrons. The molecular formula is C13H9F2NO2. The summed E-state index contributed by atoms with van der Waals surface area (Å²) in [5.41, 5.74) is -0.0288. The predicted molar refractivity (Wildman–Crippen MR) is 60.6 cm³/mol. The van der Waals surface area contributed by atoms with Crippen molar-refractivity contribution in [3.05, 3.63) is 59.4 Å². The zero-order chi connectivity index (χ0) is 13.1. The molecule has 0 atom stereocenters. The normalized spacial score (nSPS) is 10.2. The van der Waals surface area contributed by atoms with Crippen molar-refractivity contribution in [2.75, 3.05) is 7.11 Å². The molecule has 2 rings (SSSR count). The topological polar surface area (TPSA) is 39.2 Å². The molecule has 5 heteroatoms. The predicted octanol–water partition coefficient (Wildman–Crippen LogP) is 2.60. The van der Waals surface area contributed by atoms with Gasteiger partial charge in [0.2, 0.25) is 0 Å². The molecule has 0 fully saturated rings. The molecule has 1 aromatic heterocycles. The summed E-state index contributed by atoms with van der Waals surface area (Å²) in [7, 11) is 1.38. The van der Waals surface area contributed by atoms with Gasteiger partial charge in [-0.2, -0.15) is 0 Å². The summed E-state index contributed by atoms with van der Waals surface area (Å²) < 4.78 is 31.2. The number of benzene rings is 1. The number of carbonyl (C=O) groups is 1. The summed E-state index contributed by atoms with van der Waals surface area (Å²) in [6, 6.07) is 4.22. The van der Waals surface area contributed by atoms with E-state index >= 15 is 0 Å². The second-order valence-corrected chi connectivity index (χ2v) is 3.53. The molecule has 0 aliphatic heterocycles. The minimum absolute atomic E-state index is 0.179. The summed E-state index contributed by atoms with van der Waals surface area (Å²) in [6.45, 7) is 0. The number of hydrogen-bond acceptors (Lipinski definition) is 3.